The molecule has 1 aliphatic rings. The predicted octanol–water partition coefficient (Wildman–Crippen LogP) is 0.777. The van der Waals surface area contributed by atoms with Gasteiger partial charge in [0, 0.05) is 51.2 Å². The van der Waals surface area contributed by atoms with Gasteiger partial charge in [-0.2, -0.15) is 5.10 Å². The second-order valence-corrected chi connectivity index (χ2v) is 6.03. The lowest BCUT2D eigenvalue weighted by Crippen LogP contribution is -2.56. The highest BCUT2D eigenvalue weighted by molar-refractivity contribution is 14.0. The number of ether oxygens (including phenoxy) is 1. The summed E-state index contributed by atoms with van der Waals surface area (Å²) in [5.41, 5.74) is 0.0728. The van der Waals surface area contributed by atoms with E-state index in [1.807, 2.05) is 16.9 Å². The van der Waals surface area contributed by atoms with Crippen LogP contribution in [0.1, 0.15) is 13.8 Å². The average Bonchev–Trinajstić information content (AvgIpc) is 3.05. The number of nitrogens with one attached hydrogen (secondary N) is 2. The minimum absolute atomic E-state index is 0. The summed E-state index contributed by atoms with van der Waals surface area (Å²) in [6.07, 6.45) is 3.75. The summed E-state index contributed by atoms with van der Waals surface area (Å²) in [4.78, 5) is 6.74. The van der Waals surface area contributed by atoms with Crippen molar-refractivity contribution >= 4 is 29.9 Å². The van der Waals surface area contributed by atoms with Gasteiger partial charge in [0.25, 0.3) is 0 Å². The van der Waals surface area contributed by atoms with Crippen LogP contribution in [0.25, 0.3) is 0 Å². The maximum absolute atomic E-state index is 5.42. The zero-order valence-corrected chi connectivity index (χ0v) is 16.6. The van der Waals surface area contributed by atoms with Crippen LogP contribution in [-0.2, 0) is 11.3 Å². The summed E-state index contributed by atoms with van der Waals surface area (Å²) in [6, 6.07) is 1.93. The van der Waals surface area contributed by atoms with Crippen molar-refractivity contribution < 1.29 is 4.74 Å². The normalized spacial score (nSPS) is 16.7. The van der Waals surface area contributed by atoms with E-state index in [1.165, 1.54) is 0 Å². The number of morpholine rings is 1. The number of guanidine groups is 1. The molecule has 0 unspecified atom stereocenters. The van der Waals surface area contributed by atoms with Gasteiger partial charge in [0.2, 0.25) is 0 Å². The highest BCUT2D eigenvalue weighted by Gasteiger charge is 2.28. The Hall–Kier alpha value is -0.870. The molecule has 0 aliphatic carbocycles. The van der Waals surface area contributed by atoms with Crippen molar-refractivity contribution in [2.45, 2.75) is 25.9 Å². The number of hydrogen-bond donors (Lipinski definition) is 2. The van der Waals surface area contributed by atoms with Gasteiger partial charge in [0.05, 0.1) is 19.8 Å². The fourth-order valence-corrected chi connectivity index (χ4v) is 2.52. The lowest BCUT2D eigenvalue weighted by Gasteiger charge is -2.41. The summed E-state index contributed by atoms with van der Waals surface area (Å²) in [6.45, 7) is 10.6. The van der Waals surface area contributed by atoms with E-state index >= 15 is 0 Å². The van der Waals surface area contributed by atoms with E-state index in [-0.39, 0.29) is 29.5 Å². The van der Waals surface area contributed by atoms with Crippen LogP contribution in [0.4, 0.5) is 0 Å². The Morgan fingerprint density at radius 2 is 2.04 bits per heavy atom. The highest BCUT2D eigenvalue weighted by Crippen LogP contribution is 2.14. The third-order valence-electron chi connectivity index (χ3n) is 3.97. The van der Waals surface area contributed by atoms with Gasteiger partial charge in [-0.15, -0.1) is 24.0 Å². The fourth-order valence-electron chi connectivity index (χ4n) is 2.52. The Bertz CT molecular complexity index is 457. The Kier molecular flexibility index (Phi) is 8.85. The Labute approximate surface area is 155 Å². The number of aromatic nitrogens is 2. The topological polar surface area (TPSA) is 66.7 Å². The summed E-state index contributed by atoms with van der Waals surface area (Å²) in [7, 11) is 1.80. The summed E-state index contributed by atoms with van der Waals surface area (Å²) < 4.78 is 7.32. The molecule has 2 heterocycles. The van der Waals surface area contributed by atoms with Gasteiger partial charge in [-0.1, -0.05) is 0 Å². The van der Waals surface area contributed by atoms with E-state index < -0.39 is 0 Å². The van der Waals surface area contributed by atoms with Gasteiger partial charge in [-0.25, -0.2) is 0 Å². The number of hydrogen-bond acceptors (Lipinski definition) is 4. The van der Waals surface area contributed by atoms with Crippen LogP contribution >= 0.6 is 24.0 Å². The molecule has 2 rings (SSSR count). The maximum Gasteiger partial charge on any atom is 0.191 e. The first-order valence-electron chi connectivity index (χ1n) is 7.86. The molecule has 0 radical (unpaired) electrons. The van der Waals surface area contributed by atoms with Crippen molar-refractivity contribution in [3.8, 4) is 0 Å². The van der Waals surface area contributed by atoms with Gasteiger partial charge in [-0.3, -0.25) is 14.6 Å². The standard InChI is InChI=1S/C15H28N6O.HI/c1-15(2,20-9-11-22-12-10-20)13-18-14(16-3)17-6-8-21-7-4-5-19-21;/h4-5,7H,6,8-13H2,1-3H3,(H2,16,17,18);1H. The van der Waals surface area contributed by atoms with Crippen LogP contribution in [0.3, 0.4) is 0 Å². The first kappa shape index (κ1) is 20.2. The van der Waals surface area contributed by atoms with Crippen LogP contribution in [0, 0.1) is 0 Å². The van der Waals surface area contributed by atoms with Crippen molar-refractivity contribution in [2.75, 3.05) is 46.4 Å². The van der Waals surface area contributed by atoms with E-state index in [0.717, 1.165) is 51.9 Å². The quantitative estimate of drug-likeness (QED) is 0.392. The molecule has 0 aromatic carbocycles. The molecular formula is C15H29IN6O. The number of nitrogens with zero attached hydrogens (tertiary/aromatic N) is 4. The molecule has 1 aromatic rings. The number of halogens is 1. The number of aliphatic imine (C=N–C) groups is 1. The molecule has 7 nitrogen and oxygen atoms in total. The molecule has 0 atom stereocenters. The lowest BCUT2D eigenvalue weighted by molar-refractivity contribution is -0.00834. The molecule has 2 N–H and O–H groups in total. The molecule has 0 bridgehead atoms. The second-order valence-electron chi connectivity index (χ2n) is 6.03. The van der Waals surface area contributed by atoms with Crippen LogP contribution in [-0.4, -0.2) is 72.6 Å². The predicted molar refractivity (Wildman–Crippen MR) is 103 cm³/mol. The molecule has 0 spiro atoms. The largest absolute Gasteiger partial charge is 0.379 e. The molecule has 1 aliphatic heterocycles. The Morgan fingerprint density at radius 3 is 2.65 bits per heavy atom. The van der Waals surface area contributed by atoms with Crippen molar-refractivity contribution in [1.29, 1.82) is 0 Å². The van der Waals surface area contributed by atoms with Crippen molar-refractivity contribution in [1.82, 2.24) is 25.3 Å². The van der Waals surface area contributed by atoms with Crippen LogP contribution in [0.15, 0.2) is 23.5 Å². The van der Waals surface area contributed by atoms with Gasteiger partial charge in [-0.05, 0) is 19.9 Å². The Morgan fingerprint density at radius 1 is 1.30 bits per heavy atom. The van der Waals surface area contributed by atoms with Crippen molar-refractivity contribution in [2.24, 2.45) is 4.99 Å². The molecule has 0 saturated carbocycles. The molecule has 1 fully saturated rings. The SMILES string of the molecule is CN=C(NCCn1cccn1)NCC(C)(C)N1CCOCC1.I. The van der Waals surface area contributed by atoms with Crippen LogP contribution in [0.2, 0.25) is 0 Å². The second kappa shape index (κ2) is 10.1. The first-order chi connectivity index (χ1) is 10.6. The average molecular weight is 436 g/mol. The van der Waals surface area contributed by atoms with Crippen LogP contribution < -0.4 is 10.6 Å². The van der Waals surface area contributed by atoms with E-state index in [4.69, 9.17) is 4.74 Å². The van der Waals surface area contributed by atoms with Crippen LogP contribution in [0.5, 0.6) is 0 Å². The van der Waals surface area contributed by atoms with E-state index in [1.54, 1.807) is 13.2 Å². The van der Waals surface area contributed by atoms with Crippen molar-refractivity contribution in [3.05, 3.63) is 18.5 Å². The fraction of sp³-hybridized carbons (Fsp3) is 0.733. The third-order valence-corrected chi connectivity index (χ3v) is 3.97. The third kappa shape index (κ3) is 6.64. The molecular weight excluding hydrogens is 407 g/mol. The minimum atomic E-state index is 0. The number of rotatable bonds is 6. The van der Waals surface area contributed by atoms with Gasteiger partial charge < -0.3 is 15.4 Å². The molecule has 1 saturated heterocycles. The summed E-state index contributed by atoms with van der Waals surface area (Å²) >= 11 is 0. The van der Waals surface area contributed by atoms with Gasteiger partial charge in [0.15, 0.2) is 5.96 Å². The van der Waals surface area contributed by atoms with Gasteiger partial charge >= 0.3 is 0 Å². The van der Waals surface area contributed by atoms with E-state index in [0.29, 0.717) is 0 Å². The monoisotopic (exact) mass is 436 g/mol. The van der Waals surface area contributed by atoms with Gasteiger partial charge in [0.1, 0.15) is 0 Å². The highest BCUT2D eigenvalue weighted by atomic mass is 127. The molecule has 8 heteroatoms. The van der Waals surface area contributed by atoms with E-state index in [9.17, 15) is 0 Å². The minimum Gasteiger partial charge on any atom is -0.379 e. The maximum atomic E-state index is 5.42. The smallest absolute Gasteiger partial charge is 0.191 e. The Balaban J connectivity index is 0.00000264. The summed E-state index contributed by atoms with van der Waals surface area (Å²) in [5, 5.41) is 10.9. The lowest BCUT2D eigenvalue weighted by atomic mass is 10.0. The van der Waals surface area contributed by atoms with Crippen molar-refractivity contribution in [3.63, 3.8) is 0 Å². The first-order valence-corrected chi connectivity index (χ1v) is 7.86. The zero-order valence-electron chi connectivity index (χ0n) is 14.3. The molecule has 132 valence electrons. The molecule has 23 heavy (non-hydrogen) atoms. The molecule has 1 aromatic heterocycles. The summed E-state index contributed by atoms with van der Waals surface area (Å²) in [5.74, 6) is 0.827. The zero-order chi connectivity index (χ0) is 15.8. The molecule has 0 amide bonds. The van der Waals surface area contributed by atoms with E-state index in [2.05, 4.69) is 39.5 Å².